The van der Waals surface area contributed by atoms with E-state index in [-0.39, 0.29) is 6.10 Å². The zero-order valence-corrected chi connectivity index (χ0v) is 10.4. The van der Waals surface area contributed by atoms with E-state index >= 15 is 0 Å². The zero-order valence-electron chi connectivity index (χ0n) is 9.60. The molecule has 0 spiro atoms. The van der Waals surface area contributed by atoms with Crippen LogP contribution in [-0.4, -0.2) is 42.4 Å². The molecule has 0 saturated carbocycles. The van der Waals surface area contributed by atoms with Crippen molar-refractivity contribution < 1.29 is 9.84 Å². The summed E-state index contributed by atoms with van der Waals surface area (Å²) < 4.78 is 5.87. The van der Waals surface area contributed by atoms with Gasteiger partial charge in [0.15, 0.2) is 0 Å². The fraction of sp³-hybridized carbons (Fsp3) is 0.538. The molecule has 1 aromatic carbocycles. The van der Waals surface area contributed by atoms with Crippen molar-refractivity contribution in [2.24, 2.45) is 5.92 Å². The summed E-state index contributed by atoms with van der Waals surface area (Å²) in [6.07, 6.45) is 1.18. The molecule has 4 heteroatoms. The SMILES string of the molecule is OCC1CN(CC2Cc3cc(Cl)ccc3O2)C1. The van der Waals surface area contributed by atoms with E-state index < -0.39 is 0 Å². The zero-order chi connectivity index (χ0) is 11.8. The van der Waals surface area contributed by atoms with Crippen LogP contribution in [0.25, 0.3) is 0 Å². The van der Waals surface area contributed by atoms with Crippen LogP contribution < -0.4 is 4.74 Å². The first-order valence-corrected chi connectivity index (χ1v) is 6.40. The Morgan fingerprint density at radius 2 is 2.24 bits per heavy atom. The molecule has 1 unspecified atom stereocenters. The maximum atomic E-state index is 8.96. The Morgan fingerprint density at radius 3 is 3.00 bits per heavy atom. The highest BCUT2D eigenvalue weighted by Gasteiger charge is 2.31. The number of rotatable bonds is 3. The van der Waals surface area contributed by atoms with Crippen LogP contribution in [0.4, 0.5) is 0 Å². The summed E-state index contributed by atoms with van der Waals surface area (Å²) >= 11 is 5.96. The lowest BCUT2D eigenvalue weighted by Crippen LogP contribution is -2.51. The number of fused-ring (bicyclic) bond motifs is 1. The van der Waals surface area contributed by atoms with E-state index in [1.807, 2.05) is 18.2 Å². The normalized spacial score (nSPS) is 24.2. The lowest BCUT2D eigenvalue weighted by atomic mass is 10.0. The Bertz CT molecular complexity index is 418. The van der Waals surface area contributed by atoms with E-state index in [0.29, 0.717) is 12.5 Å². The number of halogens is 1. The van der Waals surface area contributed by atoms with Crippen molar-refractivity contribution in [2.75, 3.05) is 26.2 Å². The fourth-order valence-corrected chi connectivity index (χ4v) is 2.81. The number of hydrogen-bond donors (Lipinski definition) is 1. The van der Waals surface area contributed by atoms with E-state index in [0.717, 1.165) is 36.8 Å². The second-order valence-corrected chi connectivity index (χ2v) is 5.40. The van der Waals surface area contributed by atoms with Gasteiger partial charge in [0.25, 0.3) is 0 Å². The largest absolute Gasteiger partial charge is 0.488 e. The summed E-state index contributed by atoms with van der Waals surface area (Å²) in [5.41, 5.74) is 1.21. The Morgan fingerprint density at radius 1 is 1.41 bits per heavy atom. The molecule has 2 aliphatic rings. The number of benzene rings is 1. The van der Waals surface area contributed by atoms with Crippen LogP contribution in [0.15, 0.2) is 18.2 Å². The van der Waals surface area contributed by atoms with Gasteiger partial charge >= 0.3 is 0 Å². The van der Waals surface area contributed by atoms with Gasteiger partial charge < -0.3 is 9.84 Å². The van der Waals surface area contributed by atoms with Gasteiger partial charge in [-0.3, -0.25) is 4.90 Å². The summed E-state index contributed by atoms with van der Waals surface area (Å²) in [6, 6.07) is 5.81. The van der Waals surface area contributed by atoms with Crippen molar-refractivity contribution >= 4 is 11.6 Å². The van der Waals surface area contributed by atoms with E-state index in [9.17, 15) is 0 Å². The molecular formula is C13H16ClNO2. The predicted octanol–water partition coefficient (Wildman–Crippen LogP) is 1.57. The third kappa shape index (κ3) is 2.28. The fourth-order valence-electron chi connectivity index (χ4n) is 2.62. The second-order valence-electron chi connectivity index (χ2n) is 4.96. The number of aliphatic hydroxyl groups is 1. The summed E-state index contributed by atoms with van der Waals surface area (Å²) in [6.45, 7) is 3.24. The molecule has 92 valence electrons. The van der Waals surface area contributed by atoms with Crippen LogP contribution in [0, 0.1) is 5.92 Å². The molecule has 1 aromatic rings. The van der Waals surface area contributed by atoms with Crippen LogP contribution in [0.1, 0.15) is 5.56 Å². The van der Waals surface area contributed by atoms with Crippen LogP contribution in [0.5, 0.6) is 5.75 Å². The molecule has 1 atom stereocenters. The molecule has 0 aliphatic carbocycles. The average Bonchev–Trinajstić information content (AvgIpc) is 2.64. The average molecular weight is 254 g/mol. The summed E-state index contributed by atoms with van der Waals surface area (Å²) in [7, 11) is 0. The van der Waals surface area contributed by atoms with Gasteiger partial charge in [0.1, 0.15) is 11.9 Å². The van der Waals surface area contributed by atoms with Crippen molar-refractivity contribution in [3.05, 3.63) is 28.8 Å². The topological polar surface area (TPSA) is 32.7 Å². The van der Waals surface area contributed by atoms with Crippen molar-refractivity contribution in [1.29, 1.82) is 0 Å². The molecule has 0 bridgehead atoms. The maximum absolute atomic E-state index is 8.96. The molecule has 17 heavy (non-hydrogen) atoms. The number of likely N-dealkylation sites (tertiary alicyclic amines) is 1. The first kappa shape index (κ1) is 11.3. The highest BCUT2D eigenvalue weighted by atomic mass is 35.5. The second kappa shape index (κ2) is 4.48. The molecule has 1 fully saturated rings. The van der Waals surface area contributed by atoms with Crippen LogP contribution >= 0.6 is 11.6 Å². The van der Waals surface area contributed by atoms with Crippen molar-refractivity contribution in [1.82, 2.24) is 4.90 Å². The highest BCUT2D eigenvalue weighted by molar-refractivity contribution is 6.30. The van der Waals surface area contributed by atoms with Gasteiger partial charge in [0.2, 0.25) is 0 Å². The molecule has 2 aliphatic heterocycles. The quantitative estimate of drug-likeness (QED) is 0.888. The summed E-state index contributed by atoms with van der Waals surface area (Å²) in [5.74, 6) is 1.44. The minimum atomic E-state index is 0.239. The first-order chi connectivity index (χ1) is 8.24. The van der Waals surface area contributed by atoms with Crippen molar-refractivity contribution in [3.63, 3.8) is 0 Å². The first-order valence-electron chi connectivity index (χ1n) is 6.03. The summed E-state index contributed by atoms with van der Waals surface area (Å²) in [5, 5.41) is 9.74. The van der Waals surface area contributed by atoms with E-state index in [1.54, 1.807) is 0 Å². The smallest absolute Gasteiger partial charge is 0.123 e. The van der Waals surface area contributed by atoms with Crippen LogP contribution in [0.3, 0.4) is 0 Å². The Labute approximate surface area is 106 Å². The third-order valence-corrected chi connectivity index (χ3v) is 3.75. The molecule has 1 N–H and O–H groups in total. The predicted molar refractivity (Wildman–Crippen MR) is 66.6 cm³/mol. The van der Waals surface area contributed by atoms with Crippen LogP contribution in [0.2, 0.25) is 5.02 Å². The molecule has 0 radical (unpaired) electrons. The molecule has 2 heterocycles. The molecule has 1 saturated heterocycles. The monoisotopic (exact) mass is 253 g/mol. The van der Waals surface area contributed by atoms with Gasteiger partial charge in [-0.2, -0.15) is 0 Å². The van der Waals surface area contributed by atoms with Gasteiger partial charge in [-0.15, -0.1) is 0 Å². The lowest BCUT2D eigenvalue weighted by molar-refractivity contribution is 0.0275. The Kier molecular flexibility index (Phi) is 2.99. The summed E-state index contributed by atoms with van der Waals surface area (Å²) in [4.78, 5) is 2.33. The van der Waals surface area contributed by atoms with Gasteiger partial charge in [0.05, 0.1) is 0 Å². The van der Waals surface area contributed by atoms with Gasteiger partial charge in [-0.05, 0) is 23.8 Å². The standard InChI is InChI=1S/C13H16ClNO2/c14-11-1-2-13-10(3-11)4-12(17-13)7-15-5-9(6-15)8-16/h1-3,9,12,16H,4-8H2. The number of nitrogens with zero attached hydrogens (tertiary/aromatic N) is 1. The molecular weight excluding hydrogens is 238 g/mol. The third-order valence-electron chi connectivity index (χ3n) is 3.52. The van der Waals surface area contributed by atoms with Gasteiger partial charge in [0, 0.05) is 43.6 Å². The molecule has 0 aromatic heterocycles. The van der Waals surface area contributed by atoms with E-state index in [2.05, 4.69) is 4.90 Å². The van der Waals surface area contributed by atoms with Crippen molar-refractivity contribution in [2.45, 2.75) is 12.5 Å². The van der Waals surface area contributed by atoms with E-state index in [4.69, 9.17) is 21.4 Å². The Hall–Kier alpha value is -0.770. The highest BCUT2D eigenvalue weighted by Crippen LogP contribution is 2.32. The van der Waals surface area contributed by atoms with E-state index in [1.165, 1.54) is 5.56 Å². The number of ether oxygens (including phenoxy) is 1. The van der Waals surface area contributed by atoms with Crippen LogP contribution in [-0.2, 0) is 6.42 Å². The number of hydrogen-bond acceptors (Lipinski definition) is 3. The minimum absolute atomic E-state index is 0.239. The van der Waals surface area contributed by atoms with Crippen molar-refractivity contribution in [3.8, 4) is 5.75 Å². The van der Waals surface area contributed by atoms with Gasteiger partial charge in [-0.1, -0.05) is 11.6 Å². The Balaban J connectivity index is 1.56. The molecule has 3 rings (SSSR count). The maximum Gasteiger partial charge on any atom is 0.123 e. The molecule has 3 nitrogen and oxygen atoms in total. The number of aliphatic hydroxyl groups excluding tert-OH is 1. The molecule has 0 amide bonds. The van der Waals surface area contributed by atoms with Gasteiger partial charge in [-0.25, -0.2) is 0 Å². The minimum Gasteiger partial charge on any atom is -0.488 e. The lowest BCUT2D eigenvalue weighted by Gasteiger charge is -2.39.